The summed E-state index contributed by atoms with van der Waals surface area (Å²) in [5, 5.41) is 0.672. The summed E-state index contributed by atoms with van der Waals surface area (Å²) in [7, 11) is 0. The third-order valence-electron chi connectivity index (χ3n) is 6.68. The van der Waals surface area contributed by atoms with Gasteiger partial charge in [0.15, 0.2) is 0 Å². The molecule has 1 N–H and O–H groups in total. The monoisotopic (exact) mass is 391 g/mol. The molecule has 4 rings (SSSR count). The molecule has 27 heavy (non-hydrogen) atoms. The van der Waals surface area contributed by atoms with Crippen LogP contribution in [-0.4, -0.2) is 45.8 Å². The first-order valence-corrected chi connectivity index (χ1v) is 10.6. The van der Waals surface area contributed by atoms with E-state index in [1.165, 1.54) is 12.8 Å². The zero-order valence-electron chi connectivity index (χ0n) is 16.3. The first-order valence-electron chi connectivity index (χ1n) is 10.3. The summed E-state index contributed by atoms with van der Waals surface area (Å²) in [5.41, 5.74) is 2.05. The molecule has 0 amide bonds. The fourth-order valence-corrected chi connectivity index (χ4v) is 5.22. The predicted molar refractivity (Wildman–Crippen MR) is 110 cm³/mol. The van der Waals surface area contributed by atoms with Crippen molar-refractivity contribution in [1.82, 2.24) is 14.5 Å². The second-order valence-electron chi connectivity index (χ2n) is 8.33. The number of rotatable bonds is 4. The lowest BCUT2D eigenvalue weighted by molar-refractivity contribution is -0.0273. The zero-order valence-corrected chi connectivity index (χ0v) is 17.1. The van der Waals surface area contributed by atoms with Gasteiger partial charge in [-0.15, -0.1) is 0 Å². The Kier molecular flexibility index (Phi) is 5.36. The molecule has 2 aliphatic rings. The number of hydrogen-bond donors (Lipinski definition) is 1. The number of aromatic nitrogens is 2. The van der Waals surface area contributed by atoms with Gasteiger partial charge in [-0.05, 0) is 70.6 Å². The van der Waals surface area contributed by atoms with Gasteiger partial charge >= 0.3 is 5.69 Å². The molecule has 2 fully saturated rings. The SMILES string of the molecule is CCOC1CCC(C)(N2CCC(n3c(=O)[nH]c4ccc(Cl)cc43)CC2)CC1. The van der Waals surface area contributed by atoms with Crippen LogP contribution in [0.5, 0.6) is 0 Å². The molecule has 0 spiro atoms. The molecular weight excluding hydrogens is 362 g/mol. The molecule has 1 aliphatic heterocycles. The minimum atomic E-state index is -0.0193. The van der Waals surface area contributed by atoms with E-state index in [-0.39, 0.29) is 17.3 Å². The molecule has 0 atom stereocenters. The molecular formula is C21H30ClN3O2. The van der Waals surface area contributed by atoms with Crippen LogP contribution in [-0.2, 0) is 4.74 Å². The predicted octanol–water partition coefficient (Wildman–Crippen LogP) is 4.36. The number of halogens is 1. The molecule has 1 aliphatic carbocycles. The standard InChI is InChI=1S/C21H30ClN3O2/c1-3-27-17-6-10-21(2,11-7-17)24-12-8-16(9-13-24)25-19-14-15(22)4-5-18(19)23-20(25)26/h4-5,14,16-17H,3,6-13H2,1-2H3,(H,23,26). The maximum atomic E-state index is 12.5. The van der Waals surface area contributed by atoms with Crippen molar-refractivity contribution in [2.75, 3.05) is 19.7 Å². The van der Waals surface area contributed by atoms with Crippen molar-refractivity contribution in [3.8, 4) is 0 Å². The van der Waals surface area contributed by atoms with E-state index >= 15 is 0 Å². The first-order chi connectivity index (χ1) is 13.0. The molecule has 1 saturated heterocycles. The maximum Gasteiger partial charge on any atom is 0.326 e. The van der Waals surface area contributed by atoms with Crippen LogP contribution >= 0.6 is 11.6 Å². The van der Waals surface area contributed by atoms with E-state index in [2.05, 4.69) is 23.7 Å². The van der Waals surface area contributed by atoms with Crippen molar-refractivity contribution in [2.45, 2.75) is 70.1 Å². The lowest BCUT2D eigenvalue weighted by atomic mass is 9.79. The van der Waals surface area contributed by atoms with Crippen LogP contribution in [0.2, 0.25) is 5.02 Å². The minimum absolute atomic E-state index is 0.0193. The topological polar surface area (TPSA) is 50.3 Å². The number of hydrogen-bond acceptors (Lipinski definition) is 3. The third-order valence-corrected chi connectivity index (χ3v) is 6.92. The number of imidazole rings is 1. The highest BCUT2D eigenvalue weighted by Crippen LogP contribution is 2.38. The zero-order chi connectivity index (χ0) is 19.0. The van der Waals surface area contributed by atoms with Crippen LogP contribution in [0.15, 0.2) is 23.0 Å². The molecule has 2 aromatic rings. The number of aromatic amines is 1. The summed E-state index contributed by atoms with van der Waals surface area (Å²) in [6.07, 6.45) is 7.16. The summed E-state index contributed by atoms with van der Waals surface area (Å²) >= 11 is 6.17. The second kappa shape index (κ2) is 7.61. The quantitative estimate of drug-likeness (QED) is 0.842. The van der Waals surface area contributed by atoms with E-state index in [1.54, 1.807) is 0 Å². The number of fused-ring (bicyclic) bond motifs is 1. The molecule has 0 unspecified atom stereocenters. The van der Waals surface area contributed by atoms with Crippen molar-refractivity contribution in [3.63, 3.8) is 0 Å². The van der Waals surface area contributed by atoms with Crippen LogP contribution in [0.3, 0.4) is 0 Å². The van der Waals surface area contributed by atoms with Crippen molar-refractivity contribution >= 4 is 22.6 Å². The summed E-state index contributed by atoms with van der Waals surface area (Å²) in [6, 6.07) is 5.86. The molecule has 2 heterocycles. The molecule has 1 aromatic carbocycles. The van der Waals surface area contributed by atoms with Crippen LogP contribution in [0.1, 0.15) is 58.4 Å². The Bertz CT molecular complexity index is 843. The molecule has 148 valence electrons. The van der Waals surface area contributed by atoms with Gasteiger partial charge in [0, 0.05) is 36.3 Å². The molecule has 1 aromatic heterocycles. The fraction of sp³-hybridized carbons (Fsp3) is 0.667. The van der Waals surface area contributed by atoms with E-state index in [9.17, 15) is 4.79 Å². The van der Waals surface area contributed by atoms with Crippen LogP contribution in [0.4, 0.5) is 0 Å². The van der Waals surface area contributed by atoms with Gasteiger partial charge < -0.3 is 9.72 Å². The summed E-state index contributed by atoms with van der Waals surface area (Å²) in [5.74, 6) is 0. The van der Waals surface area contributed by atoms with Gasteiger partial charge in [-0.3, -0.25) is 9.47 Å². The smallest absolute Gasteiger partial charge is 0.326 e. The Morgan fingerprint density at radius 3 is 2.59 bits per heavy atom. The highest BCUT2D eigenvalue weighted by atomic mass is 35.5. The fourth-order valence-electron chi connectivity index (χ4n) is 5.05. The number of nitrogens with one attached hydrogen (secondary N) is 1. The maximum absolute atomic E-state index is 12.5. The Balaban J connectivity index is 1.45. The van der Waals surface area contributed by atoms with Crippen molar-refractivity contribution in [1.29, 1.82) is 0 Å². The highest BCUT2D eigenvalue weighted by molar-refractivity contribution is 6.31. The summed E-state index contributed by atoms with van der Waals surface area (Å²) in [4.78, 5) is 18.2. The van der Waals surface area contributed by atoms with Crippen molar-refractivity contribution in [3.05, 3.63) is 33.7 Å². The Morgan fingerprint density at radius 1 is 1.22 bits per heavy atom. The van der Waals surface area contributed by atoms with Gasteiger partial charge in [0.2, 0.25) is 0 Å². The van der Waals surface area contributed by atoms with Gasteiger partial charge in [-0.2, -0.15) is 0 Å². The van der Waals surface area contributed by atoms with E-state index in [1.807, 2.05) is 22.8 Å². The average Bonchev–Trinajstić information content (AvgIpc) is 2.99. The number of nitrogens with zero attached hydrogens (tertiary/aromatic N) is 2. The molecule has 0 bridgehead atoms. The highest BCUT2D eigenvalue weighted by Gasteiger charge is 2.38. The normalized spacial score (nSPS) is 28.0. The van der Waals surface area contributed by atoms with Gasteiger partial charge in [0.1, 0.15) is 0 Å². The Morgan fingerprint density at radius 2 is 1.93 bits per heavy atom. The number of H-pyrrole nitrogens is 1. The van der Waals surface area contributed by atoms with Crippen LogP contribution in [0, 0.1) is 0 Å². The van der Waals surface area contributed by atoms with Gasteiger partial charge in [-0.1, -0.05) is 11.6 Å². The number of likely N-dealkylation sites (tertiary alicyclic amines) is 1. The Hall–Kier alpha value is -1.30. The molecule has 0 radical (unpaired) electrons. The van der Waals surface area contributed by atoms with E-state index in [0.717, 1.165) is 56.4 Å². The van der Waals surface area contributed by atoms with Crippen LogP contribution < -0.4 is 5.69 Å². The molecule has 6 heteroatoms. The van der Waals surface area contributed by atoms with Crippen molar-refractivity contribution in [2.24, 2.45) is 0 Å². The first kappa shape index (κ1) is 19.0. The molecule has 1 saturated carbocycles. The second-order valence-corrected chi connectivity index (χ2v) is 8.77. The van der Waals surface area contributed by atoms with Gasteiger partial charge in [0.25, 0.3) is 0 Å². The molecule has 5 nitrogen and oxygen atoms in total. The van der Waals surface area contributed by atoms with Crippen molar-refractivity contribution < 1.29 is 4.74 Å². The Labute approximate surface area is 165 Å². The third kappa shape index (κ3) is 3.69. The summed E-state index contributed by atoms with van der Waals surface area (Å²) in [6.45, 7) is 7.39. The summed E-state index contributed by atoms with van der Waals surface area (Å²) < 4.78 is 7.75. The van der Waals surface area contributed by atoms with Crippen LogP contribution in [0.25, 0.3) is 11.0 Å². The van der Waals surface area contributed by atoms with Gasteiger partial charge in [0.05, 0.1) is 17.1 Å². The number of piperidine rings is 1. The van der Waals surface area contributed by atoms with E-state index in [4.69, 9.17) is 16.3 Å². The lowest BCUT2D eigenvalue weighted by Crippen LogP contribution is -2.53. The lowest BCUT2D eigenvalue weighted by Gasteiger charge is -2.48. The average molecular weight is 392 g/mol. The van der Waals surface area contributed by atoms with E-state index < -0.39 is 0 Å². The van der Waals surface area contributed by atoms with E-state index in [0.29, 0.717) is 11.1 Å². The minimum Gasteiger partial charge on any atom is -0.379 e. The largest absolute Gasteiger partial charge is 0.379 e. The number of benzene rings is 1. The van der Waals surface area contributed by atoms with Gasteiger partial charge in [-0.25, -0.2) is 4.79 Å². The number of ether oxygens (including phenoxy) is 1.